The smallest absolute Gasteiger partial charge is 0.256 e. The largest absolute Gasteiger partial charge is 0.372 e. The molecule has 0 aromatic heterocycles. The average Bonchev–Trinajstić information content (AvgIpc) is 2.90. The molecule has 2 aromatic rings. The van der Waals surface area contributed by atoms with Crippen LogP contribution in [0.1, 0.15) is 43.6 Å². The number of hydrogen-bond donors (Lipinski definition) is 1. The molecule has 152 valence electrons. The van der Waals surface area contributed by atoms with Crippen LogP contribution in [0.25, 0.3) is 0 Å². The maximum Gasteiger partial charge on any atom is 0.256 e. The van der Waals surface area contributed by atoms with Gasteiger partial charge < -0.3 is 15.1 Å². The summed E-state index contributed by atoms with van der Waals surface area (Å²) in [7, 11) is 2.04. The van der Waals surface area contributed by atoms with Crippen molar-refractivity contribution < 1.29 is 4.79 Å². The van der Waals surface area contributed by atoms with Crippen molar-refractivity contribution in [3.05, 3.63) is 71.4 Å². The van der Waals surface area contributed by atoms with Crippen molar-refractivity contribution in [3.8, 4) is 0 Å². The van der Waals surface area contributed by atoms with Crippen LogP contribution in [0.15, 0.2) is 60.3 Å². The molecule has 0 atom stereocenters. The number of nitrogens with zero attached hydrogens (tertiary/aromatic N) is 2. The third kappa shape index (κ3) is 4.06. The van der Waals surface area contributed by atoms with Gasteiger partial charge in [-0.1, -0.05) is 44.3 Å². The predicted molar refractivity (Wildman–Crippen MR) is 126 cm³/mol. The van der Waals surface area contributed by atoms with Crippen LogP contribution in [0, 0.1) is 0 Å². The number of fused-ring (bicyclic) bond motifs is 1. The van der Waals surface area contributed by atoms with Crippen molar-refractivity contribution in [2.45, 2.75) is 33.1 Å². The fraction of sp³-hybridized carbons (Fsp3) is 0.333. The van der Waals surface area contributed by atoms with Crippen LogP contribution >= 0.6 is 12.2 Å². The van der Waals surface area contributed by atoms with E-state index < -0.39 is 0 Å². The molecule has 0 fully saturated rings. The molecule has 0 radical (unpaired) electrons. The number of carbonyl (C=O) groups excluding carboxylic acids is 1. The van der Waals surface area contributed by atoms with Gasteiger partial charge in [-0.05, 0) is 55.8 Å². The van der Waals surface area contributed by atoms with Crippen molar-refractivity contribution in [1.29, 1.82) is 0 Å². The minimum absolute atomic E-state index is 0.175. The van der Waals surface area contributed by atoms with E-state index in [1.54, 1.807) is 0 Å². The molecule has 1 aliphatic rings. The molecule has 0 aliphatic carbocycles. The molecule has 29 heavy (non-hydrogen) atoms. The molecule has 0 bridgehead atoms. The van der Waals surface area contributed by atoms with Gasteiger partial charge in [-0.2, -0.15) is 0 Å². The molecule has 0 spiro atoms. The molecular weight excluding hydrogens is 378 g/mol. The van der Waals surface area contributed by atoms with E-state index in [2.05, 4.69) is 61.0 Å². The van der Waals surface area contributed by atoms with Crippen LogP contribution in [-0.2, 0) is 5.41 Å². The SMILES string of the molecule is CCN(CC)c1ccc(C(=O)NC(=S)/C=C2\N(C)c3ccccc3C2(C)C)cc1. The van der Waals surface area contributed by atoms with Crippen molar-refractivity contribution in [3.63, 3.8) is 0 Å². The summed E-state index contributed by atoms with van der Waals surface area (Å²) in [6.45, 7) is 10.5. The monoisotopic (exact) mass is 407 g/mol. The number of nitrogens with one attached hydrogen (secondary N) is 1. The predicted octanol–water partition coefficient (Wildman–Crippen LogP) is 4.90. The van der Waals surface area contributed by atoms with Gasteiger partial charge in [0.15, 0.2) is 0 Å². The van der Waals surface area contributed by atoms with E-state index in [9.17, 15) is 4.79 Å². The zero-order chi connectivity index (χ0) is 21.2. The maximum atomic E-state index is 12.7. The molecule has 0 unspecified atom stereocenters. The summed E-state index contributed by atoms with van der Waals surface area (Å²) >= 11 is 5.49. The van der Waals surface area contributed by atoms with Gasteiger partial charge in [0.2, 0.25) is 0 Å². The zero-order valence-electron chi connectivity index (χ0n) is 17.8. The van der Waals surface area contributed by atoms with Gasteiger partial charge in [0.1, 0.15) is 4.99 Å². The highest BCUT2D eigenvalue weighted by Crippen LogP contribution is 2.46. The molecule has 2 aromatic carbocycles. The lowest BCUT2D eigenvalue weighted by molar-refractivity contribution is 0.0978. The number of thiocarbonyl (C=S) groups is 1. The van der Waals surface area contributed by atoms with Crippen molar-refractivity contribution in [2.24, 2.45) is 0 Å². The van der Waals surface area contributed by atoms with Gasteiger partial charge >= 0.3 is 0 Å². The Morgan fingerprint density at radius 3 is 2.31 bits per heavy atom. The van der Waals surface area contributed by atoms with Gasteiger partial charge in [-0.3, -0.25) is 4.79 Å². The summed E-state index contributed by atoms with van der Waals surface area (Å²) < 4.78 is 0. The molecular formula is C24H29N3OS. The molecule has 4 nitrogen and oxygen atoms in total. The van der Waals surface area contributed by atoms with E-state index in [1.165, 1.54) is 11.3 Å². The molecule has 1 amide bonds. The van der Waals surface area contributed by atoms with Crippen LogP contribution in [0.4, 0.5) is 11.4 Å². The highest BCUT2D eigenvalue weighted by Gasteiger charge is 2.38. The Morgan fingerprint density at radius 1 is 1.10 bits per heavy atom. The average molecular weight is 408 g/mol. The Morgan fingerprint density at radius 2 is 1.72 bits per heavy atom. The second-order valence-corrected chi connectivity index (χ2v) is 8.21. The van der Waals surface area contributed by atoms with E-state index in [1.807, 2.05) is 43.5 Å². The van der Waals surface area contributed by atoms with Crippen molar-refractivity contribution in [1.82, 2.24) is 5.32 Å². The van der Waals surface area contributed by atoms with E-state index in [0.29, 0.717) is 10.6 Å². The summed E-state index contributed by atoms with van der Waals surface area (Å²) in [4.78, 5) is 17.5. The molecule has 0 saturated carbocycles. The minimum Gasteiger partial charge on any atom is -0.372 e. The number of carbonyl (C=O) groups is 1. The number of benzene rings is 2. The molecule has 5 heteroatoms. The third-order valence-electron chi connectivity index (χ3n) is 5.70. The fourth-order valence-corrected chi connectivity index (χ4v) is 4.22. The number of anilines is 2. The van der Waals surface area contributed by atoms with Crippen LogP contribution in [-0.4, -0.2) is 31.0 Å². The molecule has 1 aliphatic heterocycles. The number of allylic oxidation sites excluding steroid dienone is 1. The van der Waals surface area contributed by atoms with E-state index in [0.717, 1.165) is 24.5 Å². The summed E-state index contributed by atoms with van der Waals surface area (Å²) in [6, 6.07) is 16.0. The summed E-state index contributed by atoms with van der Waals surface area (Å²) in [5, 5.41) is 2.86. The number of amides is 1. The van der Waals surface area contributed by atoms with Gasteiger partial charge in [-0.25, -0.2) is 0 Å². The first-order valence-electron chi connectivity index (χ1n) is 10.0. The fourth-order valence-electron chi connectivity index (χ4n) is 4.02. The van der Waals surface area contributed by atoms with Gasteiger partial charge in [0, 0.05) is 48.2 Å². The first-order chi connectivity index (χ1) is 13.8. The Hall–Kier alpha value is -2.66. The standard InChI is InChI=1S/C24H29N3OS/c1-6-27(7-2)18-14-12-17(13-15-18)23(28)25-22(29)16-21-24(3,4)19-10-8-9-11-20(19)26(21)5/h8-16H,6-7H2,1-5H3,(H,25,28,29)/b21-16-. The lowest BCUT2D eigenvalue weighted by Gasteiger charge is -2.24. The third-order valence-corrected chi connectivity index (χ3v) is 5.92. The lowest BCUT2D eigenvalue weighted by Crippen LogP contribution is -2.31. The summed E-state index contributed by atoms with van der Waals surface area (Å²) in [5.41, 5.74) is 5.04. The van der Waals surface area contributed by atoms with Crippen LogP contribution in [0.3, 0.4) is 0 Å². The van der Waals surface area contributed by atoms with Gasteiger partial charge in [0.05, 0.1) is 0 Å². The quantitative estimate of drug-likeness (QED) is 0.565. The van der Waals surface area contributed by atoms with Crippen molar-refractivity contribution in [2.75, 3.05) is 29.9 Å². The first kappa shape index (κ1) is 21.1. The number of hydrogen-bond acceptors (Lipinski definition) is 4. The second-order valence-electron chi connectivity index (χ2n) is 7.77. The zero-order valence-corrected chi connectivity index (χ0v) is 18.6. The van der Waals surface area contributed by atoms with E-state index in [4.69, 9.17) is 12.2 Å². The van der Waals surface area contributed by atoms with Crippen LogP contribution in [0.2, 0.25) is 0 Å². The highest BCUT2D eigenvalue weighted by atomic mass is 32.1. The Bertz CT molecular complexity index is 943. The lowest BCUT2D eigenvalue weighted by atomic mass is 9.84. The van der Waals surface area contributed by atoms with Gasteiger partial charge in [0.25, 0.3) is 5.91 Å². The first-order valence-corrected chi connectivity index (χ1v) is 10.5. The normalized spacial score (nSPS) is 15.9. The Balaban J connectivity index is 1.75. The van der Waals surface area contributed by atoms with Crippen LogP contribution in [0.5, 0.6) is 0 Å². The molecule has 1 heterocycles. The Labute approximate surface area is 179 Å². The topological polar surface area (TPSA) is 35.6 Å². The van der Waals surface area contributed by atoms with Gasteiger partial charge in [-0.15, -0.1) is 0 Å². The number of likely N-dealkylation sites (N-methyl/N-ethyl adjacent to an activating group) is 1. The molecule has 0 saturated heterocycles. The number of rotatable bonds is 5. The summed E-state index contributed by atoms with van der Waals surface area (Å²) in [6.07, 6.45) is 1.90. The maximum absolute atomic E-state index is 12.7. The molecule has 3 rings (SSSR count). The second kappa shape index (κ2) is 8.37. The van der Waals surface area contributed by atoms with E-state index >= 15 is 0 Å². The minimum atomic E-state index is -0.186. The summed E-state index contributed by atoms with van der Waals surface area (Å²) in [5.74, 6) is -0.186. The number of para-hydroxylation sites is 1. The van der Waals surface area contributed by atoms with Crippen molar-refractivity contribution >= 4 is 34.5 Å². The van der Waals surface area contributed by atoms with Crippen LogP contribution < -0.4 is 15.1 Å². The highest BCUT2D eigenvalue weighted by molar-refractivity contribution is 7.80. The Kier molecular flexibility index (Phi) is 6.08. The van der Waals surface area contributed by atoms with E-state index in [-0.39, 0.29) is 11.3 Å². The molecule has 1 N–H and O–H groups in total.